The molecule has 0 bridgehead atoms. The fraction of sp³-hybridized carbons (Fsp3) is 0.167. The van der Waals surface area contributed by atoms with Crippen LogP contribution in [0.4, 0.5) is 17.6 Å². The summed E-state index contributed by atoms with van der Waals surface area (Å²) in [6.07, 6.45) is 0.913. The number of carbonyl (C=O) groups is 1. The van der Waals surface area contributed by atoms with E-state index in [1.807, 2.05) is 0 Å². The Hall–Kier alpha value is -2.88. The van der Waals surface area contributed by atoms with Crippen LogP contribution in [-0.4, -0.2) is 26.2 Å². The quantitative estimate of drug-likeness (QED) is 0.496. The van der Waals surface area contributed by atoms with Gasteiger partial charge in [0, 0.05) is 25.1 Å². The van der Waals surface area contributed by atoms with E-state index >= 15 is 0 Å². The van der Waals surface area contributed by atoms with Crippen molar-refractivity contribution in [2.75, 3.05) is 5.75 Å². The molecule has 2 aromatic heterocycles. The second kappa shape index (κ2) is 8.42. The molecule has 0 unspecified atom stereocenters. The van der Waals surface area contributed by atoms with Crippen molar-refractivity contribution >= 4 is 17.7 Å². The van der Waals surface area contributed by atoms with Crippen molar-refractivity contribution in [2.24, 2.45) is 0 Å². The van der Waals surface area contributed by atoms with E-state index in [0.29, 0.717) is 16.3 Å². The highest BCUT2D eigenvalue weighted by Crippen LogP contribution is 2.29. The van der Waals surface area contributed by atoms with Crippen LogP contribution < -0.4 is 5.32 Å². The van der Waals surface area contributed by atoms with Crippen LogP contribution in [-0.2, 0) is 17.5 Å². The Balaban J connectivity index is 1.50. The molecular weight excluding hydrogens is 396 g/mol. The maximum atomic E-state index is 14.2. The highest BCUT2D eigenvalue weighted by molar-refractivity contribution is 7.99. The summed E-state index contributed by atoms with van der Waals surface area (Å²) >= 11 is 1.01. The number of rotatable bonds is 6. The van der Waals surface area contributed by atoms with E-state index in [1.165, 1.54) is 29.2 Å². The van der Waals surface area contributed by atoms with E-state index in [4.69, 9.17) is 0 Å². The number of thioether (sulfide) groups is 1. The third-order valence-electron chi connectivity index (χ3n) is 3.70. The molecule has 28 heavy (non-hydrogen) atoms. The Morgan fingerprint density at radius 3 is 2.64 bits per heavy atom. The Kier molecular flexibility index (Phi) is 5.98. The minimum Gasteiger partial charge on any atom is -0.351 e. The first-order valence-corrected chi connectivity index (χ1v) is 9.01. The van der Waals surface area contributed by atoms with Crippen LogP contribution in [0.3, 0.4) is 0 Å². The molecule has 0 saturated heterocycles. The average molecular weight is 410 g/mol. The van der Waals surface area contributed by atoms with Crippen LogP contribution in [0.25, 0.3) is 5.69 Å². The number of halogens is 4. The maximum Gasteiger partial charge on any atom is 0.417 e. The Morgan fingerprint density at radius 1 is 1.21 bits per heavy atom. The number of amides is 1. The Bertz CT molecular complexity index is 943. The third-order valence-corrected chi connectivity index (χ3v) is 4.64. The molecule has 0 saturated carbocycles. The number of pyridine rings is 1. The van der Waals surface area contributed by atoms with Gasteiger partial charge in [0.1, 0.15) is 5.82 Å². The van der Waals surface area contributed by atoms with E-state index in [1.54, 1.807) is 18.3 Å². The van der Waals surface area contributed by atoms with Crippen LogP contribution in [0, 0.1) is 5.82 Å². The molecule has 3 aromatic rings. The van der Waals surface area contributed by atoms with Crippen LogP contribution in [0.15, 0.2) is 60.3 Å². The lowest BCUT2D eigenvalue weighted by molar-refractivity contribution is -0.137. The van der Waals surface area contributed by atoms with Gasteiger partial charge in [-0.2, -0.15) is 13.2 Å². The number of hydrogen-bond acceptors (Lipinski definition) is 4. The first kappa shape index (κ1) is 19.9. The van der Waals surface area contributed by atoms with Crippen molar-refractivity contribution < 1.29 is 22.4 Å². The predicted octanol–water partition coefficient (Wildman–Crippen LogP) is 3.83. The molecule has 1 amide bonds. The van der Waals surface area contributed by atoms with Gasteiger partial charge < -0.3 is 9.88 Å². The van der Waals surface area contributed by atoms with Crippen molar-refractivity contribution in [1.29, 1.82) is 0 Å². The minimum atomic E-state index is -4.45. The molecule has 5 nitrogen and oxygen atoms in total. The molecule has 0 aliphatic heterocycles. The first-order valence-electron chi connectivity index (χ1n) is 8.02. The van der Waals surface area contributed by atoms with Gasteiger partial charge in [0.25, 0.3) is 0 Å². The summed E-state index contributed by atoms with van der Waals surface area (Å²) < 4.78 is 53.2. The van der Waals surface area contributed by atoms with Crippen LogP contribution in [0.1, 0.15) is 11.1 Å². The normalized spacial score (nSPS) is 11.4. The summed E-state index contributed by atoms with van der Waals surface area (Å²) in [7, 11) is 0. The number of imidazole rings is 1. The van der Waals surface area contributed by atoms with E-state index < -0.39 is 17.6 Å². The highest BCUT2D eigenvalue weighted by atomic mass is 32.2. The molecule has 0 fully saturated rings. The van der Waals surface area contributed by atoms with Crippen molar-refractivity contribution in [1.82, 2.24) is 19.9 Å². The average Bonchev–Trinajstić information content (AvgIpc) is 3.19. The van der Waals surface area contributed by atoms with Crippen molar-refractivity contribution in [3.05, 3.63) is 72.2 Å². The van der Waals surface area contributed by atoms with Gasteiger partial charge >= 0.3 is 6.18 Å². The van der Waals surface area contributed by atoms with Crippen LogP contribution in [0.2, 0.25) is 0 Å². The molecule has 1 N–H and O–H groups in total. The lowest BCUT2D eigenvalue weighted by atomic mass is 10.2. The topological polar surface area (TPSA) is 59.8 Å². The molecule has 1 aromatic carbocycles. The number of aromatic nitrogens is 3. The fourth-order valence-corrected chi connectivity index (χ4v) is 2.97. The zero-order valence-corrected chi connectivity index (χ0v) is 15.1. The van der Waals surface area contributed by atoms with Crippen molar-refractivity contribution in [2.45, 2.75) is 17.7 Å². The summed E-state index contributed by atoms with van der Waals surface area (Å²) in [5.74, 6) is -0.813. The summed E-state index contributed by atoms with van der Waals surface area (Å²) in [6, 6.07) is 6.71. The smallest absolute Gasteiger partial charge is 0.351 e. The molecular formula is C18H14F4N4OS. The van der Waals surface area contributed by atoms with Gasteiger partial charge in [-0.25, -0.2) is 14.4 Å². The second-order valence-corrected chi connectivity index (χ2v) is 6.70. The van der Waals surface area contributed by atoms with Gasteiger partial charge in [0.15, 0.2) is 0 Å². The predicted molar refractivity (Wildman–Crippen MR) is 95.3 cm³/mol. The molecule has 0 atom stereocenters. The first-order chi connectivity index (χ1) is 13.3. The number of nitrogens with zero attached hydrogens (tertiary/aromatic N) is 3. The lowest BCUT2D eigenvalue weighted by Crippen LogP contribution is -2.24. The summed E-state index contributed by atoms with van der Waals surface area (Å²) in [5.41, 5.74) is 0.0753. The fourth-order valence-electron chi connectivity index (χ4n) is 2.30. The van der Waals surface area contributed by atoms with Gasteiger partial charge in [0.05, 0.1) is 28.4 Å². The van der Waals surface area contributed by atoms with E-state index in [0.717, 1.165) is 24.0 Å². The number of alkyl halides is 3. The number of nitrogens with one attached hydrogen (secondary N) is 1. The number of hydrogen-bond donors (Lipinski definition) is 1. The highest BCUT2D eigenvalue weighted by Gasteiger charge is 2.30. The monoisotopic (exact) mass is 410 g/mol. The molecule has 0 aliphatic rings. The molecule has 0 radical (unpaired) electrons. The largest absolute Gasteiger partial charge is 0.417 e. The second-order valence-electron chi connectivity index (χ2n) is 5.70. The number of carbonyl (C=O) groups excluding carboxylic acids is 1. The van der Waals surface area contributed by atoms with Gasteiger partial charge in [-0.05, 0) is 29.8 Å². The summed E-state index contributed by atoms with van der Waals surface area (Å²) in [5, 5.41) is 2.94. The third kappa shape index (κ3) is 5.10. The SMILES string of the molecule is O=C(CSc1ccc(C(F)(F)F)cn1)NCc1ccc(-n2ccnc2)c(F)c1. The Labute approximate surface area is 161 Å². The van der Waals surface area contributed by atoms with Crippen LogP contribution in [0.5, 0.6) is 0 Å². The maximum absolute atomic E-state index is 14.2. The van der Waals surface area contributed by atoms with E-state index in [-0.39, 0.29) is 18.2 Å². The Morgan fingerprint density at radius 2 is 2.04 bits per heavy atom. The van der Waals surface area contributed by atoms with Crippen molar-refractivity contribution in [3.8, 4) is 5.69 Å². The molecule has 2 heterocycles. The molecule has 146 valence electrons. The van der Waals surface area contributed by atoms with Crippen LogP contribution >= 0.6 is 11.8 Å². The molecule has 0 aliphatic carbocycles. The number of benzene rings is 1. The van der Waals surface area contributed by atoms with Crippen molar-refractivity contribution in [3.63, 3.8) is 0 Å². The van der Waals surface area contributed by atoms with Gasteiger partial charge in [-0.1, -0.05) is 17.8 Å². The summed E-state index contributed by atoms with van der Waals surface area (Å²) in [4.78, 5) is 19.5. The van der Waals surface area contributed by atoms with Gasteiger partial charge in [-0.15, -0.1) is 0 Å². The summed E-state index contributed by atoms with van der Waals surface area (Å²) in [6.45, 7) is 0.126. The lowest BCUT2D eigenvalue weighted by Gasteiger charge is -2.09. The zero-order valence-electron chi connectivity index (χ0n) is 14.3. The van der Waals surface area contributed by atoms with E-state index in [9.17, 15) is 22.4 Å². The minimum absolute atomic E-state index is 0.0199. The molecule has 10 heteroatoms. The van der Waals surface area contributed by atoms with Gasteiger partial charge in [-0.3, -0.25) is 4.79 Å². The standard InChI is InChI=1S/C18H14F4N4OS/c19-14-7-12(1-3-15(14)26-6-5-23-11-26)8-24-16(27)10-28-17-4-2-13(9-25-17)18(20,21)22/h1-7,9,11H,8,10H2,(H,24,27). The van der Waals surface area contributed by atoms with E-state index in [2.05, 4.69) is 15.3 Å². The molecule has 3 rings (SSSR count). The van der Waals surface area contributed by atoms with Gasteiger partial charge in [0.2, 0.25) is 5.91 Å². The molecule has 0 spiro atoms. The zero-order chi connectivity index (χ0) is 20.1.